The van der Waals surface area contributed by atoms with Crippen molar-refractivity contribution < 1.29 is 0 Å². The van der Waals surface area contributed by atoms with Crippen molar-refractivity contribution in [2.75, 3.05) is 0 Å². The van der Waals surface area contributed by atoms with E-state index in [0.717, 1.165) is 10.4 Å². The van der Waals surface area contributed by atoms with E-state index < -0.39 is 13.4 Å². The van der Waals surface area contributed by atoms with Crippen LogP contribution in [0.5, 0.6) is 0 Å². The van der Waals surface area contributed by atoms with Gasteiger partial charge >= 0.3 is 13.4 Å². The van der Waals surface area contributed by atoms with Crippen LogP contribution in [0.25, 0.3) is 0 Å². The molecule has 0 radical (unpaired) electrons. The minimum Gasteiger partial charge on any atom is -0.134 e. The van der Waals surface area contributed by atoms with E-state index in [0.29, 0.717) is 0 Å². The van der Waals surface area contributed by atoms with Gasteiger partial charge < -0.3 is 0 Å². The summed E-state index contributed by atoms with van der Waals surface area (Å²) >= 11 is 25.9. The van der Waals surface area contributed by atoms with Gasteiger partial charge in [0.2, 0.25) is 0 Å². The van der Waals surface area contributed by atoms with Crippen LogP contribution in [-0.2, 0) is 0 Å². The van der Waals surface area contributed by atoms with Gasteiger partial charge in [-0.05, 0) is 10.4 Å². The first-order chi connectivity index (χ1) is 9.42. The fraction of sp³-hybridized carbons (Fsp3) is 0. The summed E-state index contributed by atoms with van der Waals surface area (Å²) in [5.74, 6) is 0. The molecule has 0 unspecified atom stereocenters. The Hall–Kier alpha value is -0.226. The Morgan fingerprint density at radius 1 is 0.550 bits per heavy atom. The molecule has 6 heteroatoms. The molecule has 0 aromatic heterocycles. The Bertz CT molecular complexity index is 529. The summed E-state index contributed by atoms with van der Waals surface area (Å²) in [6, 6.07) is 19.2. The highest BCUT2D eigenvalue weighted by molar-refractivity contribution is 7.55. The molecule has 20 heavy (non-hydrogen) atoms. The first-order valence-electron chi connectivity index (χ1n) is 5.99. The lowest BCUT2D eigenvalue weighted by atomic mass is 10.4. The van der Waals surface area contributed by atoms with Gasteiger partial charge in [0.15, 0.2) is 0 Å². The van der Waals surface area contributed by atoms with Gasteiger partial charge in [-0.1, -0.05) is 72.1 Å². The zero-order chi connectivity index (χ0) is 14.6. The highest BCUT2D eigenvalue weighted by atomic mass is 35.7. The van der Waals surface area contributed by atoms with E-state index in [1.807, 2.05) is 60.7 Å². The van der Waals surface area contributed by atoms with Crippen molar-refractivity contribution in [3.63, 3.8) is 0 Å². The Morgan fingerprint density at radius 3 is 1.15 bits per heavy atom. The smallest absolute Gasteiger partial charge is 0.134 e. The third-order valence-electron chi connectivity index (χ3n) is 2.82. The number of rotatable bonds is 4. The van der Waals surface area contributed by atoms with Gasteiger partial charge in [0, 0.05) is 0 Å². The molecule has 0 aliphatic heterocycles. The molecule has 0 aliphatic carbocycles. The molecule has 0 saturated carbocycles. The fourth-order valence-corrected chi connectivity index (χ4v) is 8.84. The minimum absolute atomic E-state index is 0.922. The van der Waals surface area contributed by atoms with Crippen LogP contribution in [0.1, 0.15) is 0 Å². The standard InChI is InChI=1S/C14H12Cl4Si2/c15-19(16,13-7-3-1-4-8-13)11-12-20(17,18)14-9-5-2-6-10-14/h1-12H. The Labute approximate surface area is 139 Å². The van der Waals surface area contributed by atoms with Crippen molar-refractivity contribution in [2.24, 2.45) is 0 Å². The SMILES string of the molecule is Cl[Si](Cl)(C=C[Si](Cl)(Cl)c1ccccc1)c1ccccc1. The van der Waals surface area contributed by atoms with Gasteiger partial charge in [0.1, 0.15) is 0 Å². The molecule has 0 bridgehead atoms. The molecule has 2 aromatic rings. The highest BCUT2D eigenvalue weighted by Gasteiger charge is 2.32. The van der Waals surface area contributed by atoms with Crippen molar-refractivity contribution in [1.29, 1.82) is 0 Å². The number of halogens is 4. The maximum absolute atomic E-state index is 6.48. The molecule has 0 spiro atoms. The molecule has 0 nitrogen and oxygen atoms in total. The summed E-state index contributed by atoms with van der Waals surface area (Å²) in [6.07, 6.45) is 0. The molecule has 0 amide bonds. The van der Waals surface area contributed by atoms with Crippen molar-refractivity contribution >= 4 is 68.1 Å². The predicted octanol–water partition coefficient (Wildman–Crippen LogP) is 4.28. The van der Waals surface area contributed by atoms with Crippen LogP contribution < -0.4 is 10.4 Å². The summed E-state index contributed by atoms with van der Waals surface area (Å²) in [5.41, 5.74) is 3.59. The number of hydrogen-bond donors (Lipinski definition) is 0. The van der Waals surface area contributed by atoms with Crippen LogP contribution in [-0.4, -0.2) is 13.4 Å². The van der Waals surface area contributed by atoms with Gasteiger partial charge in [-0.3, -0.25) is 0 Å². The van der Waals surface area contributed by atoms with E-state index in [-0.39, 0.29) is 0 Å². The largest absolute Gasteiger partial charge is 0.302 e. The van der Waals surface area contributed by atoms with Crippen LogP contribution >= 0.6 is 44.3 Å². The van der Waals surface area contributed by atoms with Gasteiger partial charge in [-0.2, -0.15) is 0 Å². The van der Waals surface area contributed by atoms with E-state index in [2.05, 4.69) is 0 Å². The molecule has 0 heterocycles. The first kappa shape index (κ1) is 16.1. The molecule has 0 N–H and O–H groups in total. The van der Waals surface area contributed by atoms with Crippen LogP contribution in [0.4, 0.5) is 0 Å². The van der Waals surface area contributed by atoms with Crippen molar-refractivity contribution in [3.05, 3.63) is 72.1 Å². The summed E-state index contributed by atoms with van der Waals surface area (Å²) in [6.45, 7) is -5.38. The Morgan fingerprint density at radius 2 is 0.850 bits per heavy atom. The van der Waals surface area contributed by atoms with Gasteiger partial charge in [-0.25, -0.2) is 0 Å². The van der Waals surface area contributed by atoms with Gasteiger partial charge in [0.05, 0.1) is 0 Å². The second-order valence-electron chi connectivity index (χ2n) is 4.31. The van der Waals surface area contributed by atoms with Gasteiger partial charge in [0.25, 0.3) is 0 Å². The monoisotopic (exact) mass is 376 g/mol. The molecule has 0 aliphatic rings. The third-order valence-corrected chi connectivity index (χ3v) is 10.7. The van der Waals surface area contributed by atoms with Crippen LogP contribution in [0.3, 0.4) is 0 Å². The molecule has 0 atom stereocenters. The molecule has 104 valence electrons. The molecular formula is C14H12Cl4Si2. The zero-order valence-corrected chi connectivity index (χ0v) is 15.5. The van der Waals surface area contributed by atoms with E-state index in [9.17, 15) is 0 Å². The first-order valence-corrected chi connectivity index (χ1v) is 14.2. The normalized spacial score (nSPS) is 12.8. The maximum Gasteiger partial charge on any atom is 0.302 e. The summed E-state index contributed by atoms with van der Waals surface area (Å²) in [7, 11) is 0. The average Bonchev–Trinajstić information content (AvgIpc) is 2.47. The summed E-state index contributed by atoms with van der Waals surface area (Å²) < 4.78 is 0. The van der Waals surface area contributed by atoms with Crippen LogP contribution in [0, 0.1) is 0 Å². The minimum atomic E-state index is -2.69. The number of hydrogen-bond acceptors (Lipinski definition) is 0. The molecular weight excluding hydrogens is 366 g/mol. The highest BCUT2D eigenvalue weighted by Crippen LogP contribution is 2.22. The van der Waals surface area contributed by atoms with E-state index in [1.165, 1.54) is 0 Å². The van der Waals surface area contributed by atoms with Crippen molar-refractivity contribution in [3.8, 4) is 0 Å². The summed E-state index contributed by atoms with van der Waals surface area (Å²) in [4.78, 5) is 0. The lowest BCUT2D eigenvalue weighted by Crippen LogP contribution is -2.38. The van der Waals surface area contributed by atoms with Crippen molar-refractivity contribution in [1.82, 2.24) is 0 Å². The van der Waals surface area contributed by atoms with Crippen molar-refractivity contribution in [2.45, 2.75) is 0 Å². The second-order valence-corrected chi connectivity index (χ2v) is 16.9. The Balaban J connectivity index is 2.24. The third kappa shape index (κ3) is 4.14. The summed E-state index contributed by atoms with van der Waals surface area (Å²) in [5, 5.41) is 1.84. The molecule has 0 fully saturated rings. The maximum atomic E-state index is 6.48. The topological polar surface area (TPSA) is 0 Å². The van der Waals surface area contributed by atoms with Crippen LogP contribution in [0.2, 0.25) is 0 Å². The lowest BCUT2D eigenvalue weighted by Gasteiger charge is -2.16. The average molecular weight is 378 g/mol. The fourth-order valence-electron chi connectivity index (χ4n) is 1.72. The van der Waals surface area contributed by atoms with E-state index in [4.69, 9.17) is 44.3 Å². The van der Waals surface area contributed by atoms with Crippen LogP contribution in [0.15, 0.2) is 72.1 Å². The van der Waals surface area contributed by atoms with Gasteiger partial charge in [-0.15, -0.1) is 44.3 Å². The number of benzene rings is 2. The Kier molecular flexibility index (Phi) is 5.40. The molecule has 2 aromatic carbocycles. The molecule has 2 rings (SSSR count). The predicted molar refractivity (Wildman–Crippen MR) is 96.2 cm³/mol. The quantitative estimate of drug-likeness (QED) is 0.551. The second kappa shape index (κ2) is 6.69. The zero-order valence-electron chi connectivity index (χ0n) is 10.4. The van der Waals surface area contributed by atoms with E-state index in [1.54, 1.807) is 11.4 Å². The van der Waals surface area contributed by atoms with E-state index >= 15 is 0 Å². The lowest BCUT2D eigenvalue weighted by molar-refractivity contribution is 1.76. The molecule has 0 saturated heterocycles.